The van der Waals surface area contributed by atoms with Crippen LogP contribution in [0.15, 0.2) is 0 Å². The number of carbonyl (C=O) groups is 4. The lowest BCUT2D eigenvalue weighted by Gasteiger charge is -2.21. The third-order valence-electron chi connectivity index (χ3n) is 17.0. The highest BCUT2D eigenvalue weighted by atomic mass is 31.2. The lowest BCUT2D eigenvalue weighted by atomic mass is 9.99. The molecule has 0 rings (SSSR count). The molecule has 17 nitrogen and oxygen atoms in total. The van der Waals surface area contributed by atoms with Crippen LogP contribution in [0.2, 0.25) is 0 Å². The predicted molar refractivity (Wildman–Crippen MR) is 368 cm³/mol. The summed E-state index contributed by atoms with van der Waals surface area (Å²) in [6.07, 6.45) is 47.0. The van der Waals surface area contributed by atoms with Crippen LogP contribution in [-0.2, 0) is 65.4 Å². The van der Waals surface area contributed by atoms with E-state index in [-0.39, 0.29) is 25.7 Å². The van der Waals surface area contributed by atoms with E-state index < -0.39 is 97.5 Å². The van der Waals surface area contributed by atoms with Gasteiger partial charge in [-0.15, -0.1) is 0 Å². The van der Waals surface area contributed by atoms with Crippen molar-refractivity contribution in [2.45, 2.75) is 381 Å². The van der Waals surface area contributed by atoms with Crippen molar-refractivity contribution in [2.24, 2.45) is 17.8 Å². The minimum Gasteiger partial charge on any atom is -0.462 e. The first-order chi connectivity index (χ1) is 43.8. The third-order valence-corrected chi connectivity index (χ3v) is 18.9. The summed E-state index contributed by atoms with van der Waals surface area (Å²) in [7, 11) is -9.91. The number of rotatable bonds is 70. The zero-order valence-corrected chi connectivity index (χ0v) is 61.1. The first-order valence-corrected chi connectivity index (χ1v) is 40.4. The molecule has 0 aliphatic carbocycles. The Morgan fingerprint density at radius 3 is 0.835 bits per heavy atom. The van der Waals surface area contributed by atoms with Crippen molar-refractivity contribution in [3.05, 3.63) is 0 Å². The van der Waals surface area contributed by atoms with Crippen molar-refractivity contribution in [2.75, 3.05) is 39.6 Å². The number of phosphoric ester groups is 2. The summed E-state index contributed by atoms with van der Waals surface area (Å²) >= 11 is 0. The molecular formula is C72H140O17P2. The van der Waals surface area contributed by atoms with Crippen molar-refractivity contribution in [1.82, 2.24) is 0 Å². The largest absolute Gasteiger partial charge is 0.472 e. The van der Waals surface area contributed by atoms with Gasteiger partial charge in [0.15, 0.2) is 12.2 Å². The highest BCUT2D eigenvalue weighted by Gasteiger charge is 2.30. The van der Waals surface area contributed by atoms with E-state index in [4.69, 9.17) is 37.0 Å². The molecule has 0 amide bonds. The molecule has 0 saturated carbocycles. The number of hydrogen-bond acceptors (Lipinski definition) is 15. The number of unbranched alkanes of at least 4 members (excludes halogenated alkanes) is 37. The molecule has 0 heterocycles. The molecule has 0 saturated heterocycles. The van der Waals surface area contributed by atoms with Crippen LogP contribution >= 0.6 is 15.6 Å². The number of ether oxygens (including phenoxy) is 4. The second kappa shape index (κ2) is 62.8. The van der Waals surface area contributed by atoms with Crippen LogP contribution in [0, 0.1) is 17.8 Å². The van der Waals surface area contributed by atoms with Crippen LogP contribution in [0.3, 0.4) is 0 Å². The monoisotopic (exact) mass is 1340 g/mol. The topological polar surface area (TPSA) is 237 Å². The van der Waals surface area contributed by atoms with Gasteiger partial charge in [-0.25, -0.2) is 9.13 Å². The Morgan fingerprint density at radius 1 is 0.319 bits per heavy atom. The van der Waals surface area contributed by atoms with Crippen molar-refractivity contribution in [1.29, 1.82) is 0 Å². The molecule has 91 heavy (non-hydrogen) atoms. The van der Waals surface area contributed by atoms with Crippen molar-refractivity contribution < 1.29 is 80.2 Å². The smallest absolute Gasteiger partial charge is 0.462 e. The molecule has 0 spiro atoms. The van der Waals surface area contributed by atoms with Gasteiger partial charge < -0.3 is 33.8 Å². The van der Waals surface area contributed by atoms with Gasteiger partial charge in [0.25, 0.3) is 0 Å². The maximum Gasteiger partial charge on any atom is 0.472 e. The van der Waals surface area contributed by atoms with Gasteiger partial charge in [0.05, 0.1) is 26.4 Å². The molecule has 0 radical (unpaired) electrons. The number of esters is 4. The molecule has 19 heteroatoms. The zero-order valence-electron chi connectivity index (χ0n) is 59.3. The van der Waals surface area contributed by atoms with E-state index in [9.17, 15) is 43.2 Å². The molecule has 3 unspecified atom stereocenters. The van der Waals surface area contributed by atoms with Crippen molar-refractivity contribution in [3.63, 3.8) is 0 Å². The average Bonchev–Trinajstić information content (AvgIpc) is 3.46. The molecule has 540 valence electrons. The molecule has 0 aromatic carbocycles. The molecule has 3 N–H and O–H groups in total. The number of aliphatic hydroxyl groups is 1. The molecule has 0 aromatic rings. The molecule has 0 aliphatic rings. The molecule has 6 atom stereocenters. The van der Waals surface area contributed by atoms with Gasteiger partial charge in [0.2, 0.25) is 0 Å². The fourth-order valence-electron chi connectivity index (χ4n) is 10.9. The van der Waals surface area contributed by atoms with E-state index in [1.807, 2.05) is 0 Å². The maximum absolute atomic E-state index is 13.0. The van der Waals surface area contributed by atoms with Crippen LogP contribution in [0.4, 0.5) is 0 Å². The van der Waals surface area contributed by atoms with Crippen LogP contribution in [0.1, 0.15) is 363 Å². The van der Waals surface area contributed by atoms with Gasteiger partial charge in [0, 0.05) is 25.7 Å². The summed E-state index contributed by atoms with van der Waals surface area (Å²) in [5.74, 6) is 0.170. The maximum atomic E-state index is 13.0. The summed E-state index contributed by atoms with van der Waals surface area (Å²) in [6.45, 7) is 11.9. The highest BCUT2D eigenvalue weighted by molar-refractivity contribution is 7.47. The van der Waals surface area contributed by atoms with E-state index in [0.717, 1.165) is 108 Å². The third kappa shape index (κ3) is 65.1. The number of phosphoric acid groups is 2. The normalized spacial score (nSPS) is 14.5. The summed E-state index contributed by atoms with van der Waals surface area (Å²) in [5, 5.41) is 10.6. The molecule has 0 bridgehead atoms. The minimum absolute atomic E-state index is 0.105. The van der Waals surface area contributed by atoms with Gasteiger partial charge in [-0.3, -0.25) is 37.3 Å². The minimum atomic E-state index is -4.95. The van der Waals surface area contributed by atoms with Gasteiger partial charge in [-0.1, -0.05) is 312 Å². The second-order valence-corrected chi connectivity index (χ2v) is 30.1. The van der Waals surface area contributed by atoms with Gasteiger partial charge in [-0.05, 0) is 43.4 Å². The summed E-state index contributed by atoms with van der Waals surface area (Å²) < 4.78 is 68.4. The zero-order chi connectivity index (χ0) is 67.3. The Kier molecular flexibility index (Phi) is 61.5. The first-order valence-electron chi connectivity index (χ1n) is 37.4. The summed E-state index contributed by atoms with van der Waals surface area (Å²) in [4.78, 5) is 72.7. The van der Waals surface area contributed by atoms with Crippen LogP contribution in [0.5, 0.6) is 0 Å². The highest BCUT2D eigenvalue weighted by Crippen LogP contribution is 2.45. The van der Waals surface area contributed by atoms with Gasteiger partial charge >= 0.3 is 39.5 Å². The van der Waals surface area contributed by atoms with Crippen LogP contribution in [-0.4, -0.2) is 96.7 Å². The first kappa shape index (κ1) is 89.1. The molecule has 0 aromatic heterocycles. The van der Waals surface area contributed by atoms with Crippen molar-refractivity contribution >= 4 is 39.5 Å². The van der Waals surface area contributed by atoms with Gasteiger partial charge in [-0.2, -0.15) is 0 Å². The Hall–Kier alpha value is -1.94. The Bertz CT molecular complexity index is 1790. The quantitative estimate of drug-likeness (QED) is 0.0222. The van der Waals surface area contributed by atoms with E-state index in [1.165, 1.54) is 173 Å². The SMILES string of the molecule is CCCCCCCCCCCCCCC(=O)OC[C@H](COP(=O)(O)OC[C@H](O)COP(=O)(O)OC[C@@H](COC(=O)CCCCCCCCCCCCC(C)C)OC(=O)CCCCCCCCCCCCCC(C)C)OC(=O)CCCCCCCCCCC(C)CC. The lowest BCUT2D eigenvalue weighted by molar-refractivity contribution is -0.161. The van der Waals surface area contributed by atoms with E-state index in [1.54, 1.807) is 0 Å². The number of aliphatic hydroxyl groups excluding tert-OH is 1. The summed E-state index contributed by atoms with van der Waals surface area (Å²) in [6, 6.07) is 0. The fraction of sp³-hybridized carbons (Fsp3) is 0.944. The molecular weight excluding hydrogens is 1200 g/mol. The number of hydrogen-bond donors (Lipinski definition) is 3. The Labute approximate surface area is 556 Å². The van der Waals surface area contributed by atoms with Crippen molar-refractivity contribution in [3.8, 4) is 0 Å². The fourth-order valence-corrected chi connectivity index (χ4v) is 12.4. The standard InChI is InChI=1S/C72H140O17P2/c1-8-10-11-12-13-14-15-18-24-32-39-46-53-69(74)82-60-68(89-72(77)56-49-42-35-28-27-31-38-45-52-65(7)9-2)62-87-91(80,81)85-58-66(73)57-84-90(78,79)86-61-67(59-83-70(75)54-47-40-33-25-21-20-23-30-37-44-51-64(5)6)88-71(76)55-48-41-34-26-19-16-17-22-29-36-43-50-63(3)4/h63-68,73H,8-62H2,1-7H3,(H,78,79)(H,80,81)/t65?,66-,67-,68-/m1/s1. The van der Waals surface area contributed by atoms with Gasteiger partial charge in [0.1, 0.15) is 19.3 Å². The molecule has 0 aliphatic heterocycles. The van der Waals surface area contributed by atoms with E-state index in [0.29, 0.717) is 25.7 Å². The van der Waals surface area contributed by atoms with Crippen LogP contribution in [0.25, 0.3) is 0 Å². The van der Waals surface area contributed by atoms with E-state index in [2.05, 4.69) is 48.5 Å². The molecule has 0 fully saturated rings. The average molecular weight is 1340 g/mol. The Morgan fingerprint density at radius 2 is 0.560 bits per heavy atom. The number of carbonyl (C=O) groups excluding carboxylic acids is 4. The summed E-state index contributed by atoms with van der Waals surface area (Å²) in [5.41, 5.74) is 0. The second-order valence-electron chi connectivity index (χ2n) is 27.2. The lowest BCUT2D eigenvalue weighted by Crippen LogP contribution is -2.30. The Balaban J connectivity index is 5.27. The predicted octanol–water partition coefficient (Wildman–Crippen LogP) is 20.6. The van der Waals surface area contributed by atoms with Crippen LogP contribution < -0.4 is 0 Å². The van der Waals surface area contributed by atoms with E-state index >= 15 is 0 Å².